The van der Waals surface area contributed by atoms with E-state index in [0.29, 0.717) is 11.4 Å². The molecule has 0 N–H and O–H groups in total. The standard InChI is InChI=1S/C18H12N4O2S.Pt/c23-25(24,17-7-1-5-15(13-17)21-11-3-9-19-21)18-8-2-6-16(14-18)22-12-4-10-20-22;/h1-12H;/q-2;+2. The topological polar surface area (TPSA) is 69.8 Å². The molecule has 0 amide bonds. The zero-order chi connectivity index (χ0) is 17.3. The Hall–Kier alpha value is -2.50. The maximum Gasteiger partial charge on any atom is 2.00 e. The zero-order valence-electron chi connectivity index (χ0n) is 13.3. The van der Waals surface area contributed by atoms with E-state index in [1.165, 1.54) is 12.1 Å². The van der Waals surface area contributed by atoms with Crippen molar-refractivity contribution in [3.63, 3.8) is 0 Å². The average Bonchev–Trinajstić information content (AvgIpc) is 3.36. The smallest absolute Gasteiger partial charge is 0.266 e. The van der Waals surface area contributed by atoms with Crippen LogP contribution >= 0.6 is 0 Å². The third-order valence-electron chi connectivity index (χ3n) is 3.59. The quantitative estimate of drug-likeness (QED) is 0.371. The van der Waals surface area contributed by atoms with E-state index >= 15 is 0 Å². The molecule has 2 aromatic carbocycles. The third kappa shape index (κ3) is 3.41. The molecule has 0 aliphatic heterocycles. The van der Waals surface area contributed by atoms with E-state index in [-0.39, 0.29) is 30.9 Å². The van der Waals surface area contributed by atoms with Gasteiger partial charge in [0.1, 0.15) is 0 Å². The van der Waals surface area contributed by atoms with Gasteiger partial charge in [0.05, 0.1) is 0 Å². The van der Waals surface area contributed by atoms with E-state index in [2.05, 4.69) is 22.3 Å². The molecule has 0 spiro atoms. The molecule has 26 heavy (non-hydrogen) atoms. The Balaban J connectivity index is 0.00000196. The van der Waals surface area contributed by atoms with Crippen molar-refractivity contribution in [3.05, 3.63) is 85.5 Å². The average molecular weight is 543 g/mol. The van der Waals surface area contributed by atoms with Crippen LogP contribution in [-0.4, -0.2) is 28.0 Å². The van der Waals surface area contributed by atoms with Crippen molar-refractivity contribution in [2.45, 2.75) is 9.79 Å². The Morgan fingerprint density at radius 3 is 1.58 bits per heavy atom. The Morgan fingerprint density at radius 2 is 1.19 bits per heavy atom. The first kappa shape index (κ1) is 18.3. The molecule has 0 radical (unpaired) electrons. The summed E-state index contributed by atoms with van der Waals surface area (Å²) in [5.74, 6) is 0. The van der Waals surface area contributed by atoms with E-state index in [1.807, 2.05) is 0 Å². The molecule has 0 aliphatic carbocycles. The normalized spacial score (nSPS) is 11.1. The predicted octanol–water partition coefficient (Wildman–Crippen LogP) is 2.49. The Bertz CT molecular complexity index is 1020. The molecule has 0 saturated carbocycles. The first-order valence-corrected chi connectivity index (χ1v) is 8.93. The SMILES string of the molecule is O=S(=O)(c1[c-]c(-n2cccn2)ccc1)c1[c-]c(-n2cccn2)ccc1.[Pt+2]. The van der Waals surface area contributed by atoms with Crippen molar-refractivity contribution in [2.75, 3.05) is 0 Å². The van der Waals surface area contributed by atoms with Crippen LogP contribution in [0.4, 0.5) is 0 Å². The van der Waals surface area contributed by atoms with Crippen molar-refractivity contribution in [1.82, 2.24) is 19.6 Å². The molecule has 4 aromatic rings. The molecule has 8 heteroatoms. The van der Waals surface area contributed by atoms with Gasteiger partial charge in [-0.15, -0.1) is 24.3 Å². The van der Waals surface area contributed by atoms with Gasteiger partial charge in [-0.3, -0.25) is 9.36 Å². The summed E-state index contributed by atoms with van der Waals surface area (Å²) in [6.45, 7) is 0. The third-order valence-corrected chi connectivity index (χ3v) is 5.22. The molecule has 0 fully saturated rings. The van der Waals surface area contributed by atoms with Gasteiger partial charge in [-0.25, -0.2) is 8.42 Å². The molecule has 4 rings (SSSR count). The van der Waals surface area contributed by atoms with Crippen LogP contribution in [0.5, 0.6) is 0 Å². The molecule has 132 valence electrons. The van der Waals surface area contributed by atoms with Gasteiger partial charge in [-0.2, -0.15) is 34.5 Å². The summed E-state index contributed by atoms with van der Waals surface area (Å²) in [4.78, 5) is 0.128. The molecular weight excluding hydrogens is 531 g/mol. The number of nitrogens with zero attached hydrogens (tertiary/aromatic N) is 4. The van der Waals surface area contributed by atoms with Crippen molar-refractivity contribution in [3.8, 4) is 11.4 Å². The van der Waals surface area contributed by atoms with E-state index in [0.717, 1.165) is 0 Å². The monoisotopic (exact) mass is 543 g/mol. The van der Waals surface area contributed by atoms with Gasteiger partial charge >= 0.3 is 21.1 Å². The van der Waals surface area contributed by atoms with Gasteiger partial charge < -0.3 is 0 Å². The first-order chi connectivity index (χ1) is 12.1. The molecule has 0 saturated heterocycles. The van der Waals surface area contributed by atoms with Crippen molar-refractivity contribution in [1.29, 1.82) is 0 Å². The summed E-state index contributed by atoms with van der Waals surface area (Å²) in [5, 5.41) is 8.20. The molecule has 2 aromatic heterocycles. The Morgan fingerprint density at radius 1 is 0.731 bits per heavy atom. The maximum atomic E-state index is 13.0. The van der Waals surface area contributed by atoms with Crippen LogP contribution in [0.1, 0.15) is 0 Å². The second-order valence-corrected chi connectivity index (χ2v) is 7.09. The molecule has 0 unspecified atom stereocenters. The molecule has 2 heterocycles. The summed E-state index contributed by atoms with van der Waals surface area (Å²) < 4.78 is 29.0. The van der Waals surface area contributed by atoms with Gasteiger partial charge in [-0.05, 0) is 33.3 Å². The van der Waals surface area contributed by atoms with E-state index in [9.17, 15) is 8.42 Å². The van der Waals surface area contributed by atoms with Gasteiger partial charge in [0.25, 0.3) is 0 Å². The number of aromatic nitrogens is 4. The fourth-order valence-corrected chi connectivity index (χ4v) is 3.62. The minimum absolute atomic E-state index is 0. The van der Waals surface area contributed by atoms with Crippen LogP contribution in [0.15, 0.2) is 83.1 Å². The number of benzene rings is 2. The second kappa shape index (κ2) is 7.39. The minimum Gasteiger partial charge on any atom is -0.266 e. The van der Waals surface area contributed by atoms with Gasteiger partial charge in [0, 0.05) is 24.8 Å². The van der Waals surface area contributed by atoms with Gasteiger partial charge in [0.15, 0.2) is 9.84 Å². The van der Waals surface area contributed by atoms with Crippen LogP contribution < -0.4 is 0 Å². The van der Waals surface area contributed by atoms with Crippen molar-refractivity contribution < 1.29 is 29.5 Å². The predicted molar refractivity (Wildman–Crippen MR) is 90.3 cm³/mol. The molecule has 6 nitrogen and oxygen atoms in total. The second-order valence-electron chi connectivity index (χ2n) is 5.21. The summed E-state index contributed by atoms with van der Waals surface area (Å²) in [5.41, 5.74) is 1.10. The number of sulfone groups is 1. The fourth-order valence-electron chi connectivity index (χ4n) is 2.39. The van der Waals surface area contributed by atoms with E-state index < -0.39 is 9.84 Å². The van der Waals surface area contributed by atoms with E-state index in [1.54, 1.807) is 70.5 Å². The number of hydrogen-bond donors (Lipinski definition) is 0. The number of hydrogen-bond acceptors (Lipinski definition) is 4. The van der Waals surface area contributed by atoms with Gasteiger partial charge in [-0.1, -0.05) is 0 Å². The van der Waals surface area contributed by atoms with Crippen LogP contribution in [0.25, 0.3) is 11.4 Å². The molecule has 0 bridgehead atoms. The molecule has 0 aliphatic rings. The van der Waals surface area contributed by atoms with Crippen LogP contribution in [-0.2, 0) is 30.9 Å². The summed E-state index contributed by atoms with van der Waals surface area (Å²) in [7, 11) is -3.76. The molecular formula is C18H12N4O2PtS. The Labute approximate surface area is 165 Å². The summed E-state index contributed by atoms with van der Waals surface area (Å²) in [6, 6.07) is 19.2. The zero-order valence-corrected chi connectivity index (χ0v) is 16.3. The largest absolute Gasteiger partial charge is 2.00 e. The summed E-state index contributed by atoms with van der Waals surface area (Å²) >= 11 is 0. The molecule has 0 atom stereocenters. The van der Waals surface area contributed by atoms with Crippen LogP contribution in [0.3, 0.4) is 0 Å². The number of rotatable bonds is 4. The van der Waals surface area contributed by atoms with Crippen LogP contribution in [0.2, 0.25) is 0 Å². The van der Waals surface area contributed by atoms with E-state index in [4.69, 9.17) is 0 Å². The fraction of sp³-hybridized carbons (Fsp3) is 0. The van der Waals surface area contributed by atoms with Gasteiger partial charge in [0.2, 0.25) is 0 Å². The van der Waals surface area contributed by atoms with Crippen molar-refractivity contribution in [2.24, 2.45) is 0 Å². The Kier molecular flexibility index (Phi) is 5.20. The minimum atomic E-state index is -3.76. The van der Waals surface area contributed by atoms with Crippen LogP contribution in [0, 0.1) is 12.1 Å². The maximum absolute atomic E-state index is 13.0. The van der Waals surface area contributed by atoms with Crippen molar-refractivity contribution >= 4 is 9.84 Å². The summed E-state index contributed by atoms with van der Waals surface area (Å²) in [6.07, 6.45) is 6.70. The first-order valence-electron chi connectivity index (χ1n) is 7.44.